The van der Waals surface area contributed by atoms with Crippen LogP contribution in [0.15, 0.2) is 48.5 Å². The number of nitro benzene ring substituents is 1. The molecule has 0 spiro atoms. The zero-order valence-electron chi connectivity index (χ0n) is 11.6. The Morgan fingerprint density at radius 3 is 2.41 bits per heavy atom. The van der Waals surface area contributed by atoms with Crippen LogP contribution in [0.3, 0.4) is 0 Å². The van der Waals surface area contributed by atoms with Crippen LogP contribution < -0.4 is 5.73 Å². The van der Waals surface area contributed by atoms with E-state index < -0.39 is 17.1 Å². The van der Waals surface area contributed by atoms with Crippen molar-refractivity contribution in [3.05, 3.63) is 69.8 Å². The van der Waals surface area contributed by atoms with E-state index in [0.29, 0.717) is 6.42 Å². The molecule has 0 radical (unpaired) electrons. The molecule has 2 aromatic carbocycles. The average molecular weight is 325 g/mol. The lowest BCUT2D eigenvalue weighted by Crippen LogP contribution is -2.28. The number of nitro groups is 1. The van der Waals surface area contributed by atoms with Gasteiger partial charge < -0.3 is 15.9 Å². The number of aliphatic hydroxyl groups is 1. The van der Waals surface area contributed by atoms with Crippen molar-refractivity contribution in [3.8, 4) is 5.75 Å². The summed E-state index contributed by atoms with van der Waals surface area (Å²) in [6.07, 6.45) is -0.662. The van der Waals surface area contributed by atoms with Crippen LogP contribution in [0.1, 0.15) is 17.2 Å². The SMILES string of the molecule is Cl.N[C@H](c1cc([N+](=O)[O-])ccc1O)[C@@H](O)Cc1ccccc1. The largest absolute Gasteiger partial charge is 0.508 e. The molecule has 0 aliphatic rings. The number of halogens is 1. The highest BCUT2D eigenvalue weighted by atomic mass is 35.5. The number of rotatable bonds is 5. The number of hydrogen-bond acceptors (Lipinski definition) is 5. The smallest absolute Gasteiger partial charge is 0.270 e. The van der Waals surface area contributed by atoms with Gasteiger partial charge in [0.2, 0.25) is 0 Å². The third kappa shape index (κ3) is 4.17. The molecular formula is C15H17ClN2O4. The van der Waals surface area contributed by atoms with Gasteiger partial charge in [-0.05, 0) is 11.6 Å². The van der Waals surface area contributed by atoms with Crippen LogP contribution in [-0.2, 0) is 6.42 Å². The summed E-state index contributed by atoms with van der Waals surface area (Å²) < 4.78 is 0. The fourth-order valence-corrected chi connectivity index (χ4v) is 2.11. The highest BCUT2D eigenvalue weighted by molar-refractivity contribution is 5.85. The van der Waals surface area contributed by atoms with Gasteiger partial charge in [0.1, 0.15) is 5.75 Å². The Hall–Kier alpha value is -2.15. The molecule has 0 aliphatic heterocycles. The number of phenolic OH excluding ortho intramolecular Hbond substituents is 1. The van der Waals surface area contributed by atoms with Crippen molar-refractivity contribution in [1.29, 1.82) is 0 Å². The molecule has 2 rings (SSSR count). The molecule has 0 fully saturated rings. The number of phenols is 1. The Balaban J connectivity index is 0.00000242. The molecule has 0 amide bonds. The van der Waals surface area contributed by atoms with Crippen LogP contribution in [0.4, 0.5) is 5.69 Å². The zero-order valence-corrected chi connectivity index (χ0v) is 12.4. The Morgan fingerprint density at radius 2 is 1.82 bits per heavy atom. The summed E-state index contributed by atoms with van der Waals surface area (Å²) in [6.45, 7) is 0. The molecule has 0 heterocycles. The number of nitrogens with zero attached hydrogens (tertiary/aromatic N) is 1. The molecule has 118 valence electrons. The maximum absolute atomic E-state index is 10.8. The van der Waals surface area contributed by atoms with E-state index in [-0.39, 0.29) is 29.4 Å². The van der Waals surface area contributed by atoms with E-state index in [1.54, 1.807) is 0 Å². The first-order valence-electron chi connectivity index (χ1n) is 6.44. The molecule has 22 heavy (non-hydrogen) atoms. The fourth-order valence-electron chi connectivity index (χ4n) is 2.11. The maximum Gasteiger partial charge on any atom is 0.270 e. The molecule has 6 nitrogen and oxygen atoms in total. The number of aromatic hydroxyl groups is 1. The van der Waals surface area contributed by atoms with Gasteiger partial charge in [-0.25, -0.2) is 0 Å². The first-order chi connectivity index (χ1) is 9.99. The van der Waals surface area contributed by atoms with E-state index in [9.17, 15) is 20.3 Å². The maximum atomic E-state index is 10.8. The van der Waals surface area contributed by atoms with Gasteiger partial charge in [-0.1, -0.05) is 30.3 Å². The molecule has 0 saturated carbocycles. The van der Waals surface area contributed by atoms with Crippen molar-refractivity contribution in [2.24, 2.45) is 5.73 Å². The standard InChI is InChI=1S/C15H16N2O4.ClH/c16-15(14(19)8-10-4-2-1-3-5-10)12-9-11(17(20)21)6-7-13(12)18;/h1-7,9,14-15,18-19H,8,16H2;1H/t14-,15+;/m0./s1. The Labute approximate surface area is 133 Å². The minimum absolute atomic E-state index is 0. The molecular weight excluding hydrogens is 308 g/mol. The Morgan fingerprint density at radius 1 is 1.18 bits per heavy atom. The first kappa shape index (κ1) is 17.9. The molecule has 2 aromatic rings. The lowest BCUT2D eigenvalue weighted by Gasteiger charge is -2.20. The third-order valence-electron chi connectivity index (χ3n) is 3.28. The van der Waals surface area contributed by atoms with E-state index in [4.69, 9.17) is 5.73 Å². The lowest BCUT2D eigenvalue weighted by atomic mass is 9.96. The topological polar surface area (TPSA) is 110 Å². The summed E-state index contributed by atoms with van der Waals surface area (Å²) in [5, 5.41) is 30.7. The average Bonchev–Trinajstić information content (AvgIpc) is 2.47. The van der Waals surface area contributed by atoms with Crippen molar-refractivity contribution < 1.29 is 15.1 Å². The highest BCUT2D eigenvalue weighted by Gasteiger charge is 2.22. The first-order valence-corrected chi connectivity index (χ1v) is 6.44. The third-order valence-corrected chi connectivity index (χ3v) is 3.28. The molecule has 7 heteroatoms. The van der Waals surface area contributed by atoms with E-state index in [0.717, 1.165) is 5.56 Å². The van der Waals surface area contributed by atoms with Crippen LogP contribution in [0, 0.1) is 10.1 Å². The van der Waals surface area contributed by atoms with Crippen LogP contribution in [0.25, 0.3) is 0 Å². The molecule has 0 aliphatic carbocycles. The predicted octanol–water partition coefficient (Wildman–Crippen LogP) is 2.33. The van der Waals surface area contributed by atoms with Crippen molar-refractivity contribution in [1.82, 2.24) is 0 Å². The van der Waals surface area contributed by atoms with Crippen LogP contribution >= 0.6 is 12.4 Å². The monoisotopic (exact) mass is 324 g/mol. The van der Waals surface area contributed by atoms with Gasteiger partial charge in [-0.15, -0.1) is 12.4 Å². The quantitative estimate of drug-likeness (QED) is 0.577. The fraction of sp³-hybridized carbons (Fsp3) is 0.200. The van der Waals surface area contributed by atoms with Gasteiger partial charge in [0.05, 0.1) is 17.1 Å². The van der Waals surface area contributed by atoms with E-state index in [1.807, 2.05) is 30.3 Å². The summed E-state index contributed by atoms with van der Waals surface area (Å²) in [6, 6.07) is 11.9. The number of non-ortho nitro benzene ring substituents is 1. The van der Waals surface area contributed by atoms with Crippen LogP contribution in [0.2, 0.25) is 0 Å². The molecule has 0 saturated heterocycles. The zero-order chi connectivity index (χ0) is 15.4. The molecule has 0 unspecified atom stereocenters. The summed E-state index contributed by atoms with van der Waals surface area (Å²) in [5.41, 5.74) is 6.80. The van der Waals surface area contributed by atoms with E-state index >= 15 is 0 Å². The lowest BCUT2D eigenvalue weighted by molar-refractivity contribution is -0.385. The second-order valence-electron chi connectivity index (χ2n) is 4.78. The van der Waals surface area contributed by atoms with Crippen LogP contribution in [-0.4, -0.2) is 21.2 Å². The van der Waals surface area contributed by atoms with Gasteiger partial charge in [-0.2, -0.15) is 0 Å². The van der Waals surface area contributed by atoms with Gasteiger partial charge in [-0.3, -0.25) is 10.1 Å². The van der Waals surface area contributed by atoms with Crippen molar-refractivity contribution in [3.63, 3.8) is 0 Å². The summed E-state index contributed by atoms with van der Waals surface area (Å²) in [7, 11) is 0. The number of hydrogen-bond donors (Lipinski definition) is 3. The normalized spacial score (nSPS) is 13.0. The van der Waals surface area contributed by atoms with Gasteiger partial charge in [0, 0.05) is 24.1 Å². The van der Waals surface area contributed by atoms with Crippen LogP contribution in [0.5, 0.6) is 5.75 Å². The van der Waals surface area contributed by atoms with Crippen molar-refractivity contribution in [2.45, 2.75) is 18.6 Å². The minimum atomic E-state index is -0.958. The molecule has 4 N–H and O–H groups in total. The second kappa shape index (κ2) is 7.74. The minimum Gasteiger partial charge on any atom is -0.508 e. The Bertz CT molecular complexity index is 637. The Kier molecular flexibility index (Phi) is 6.30. The van der Waals surface area contributed by atoms with Crippen molar-refractivity contribution in [2.75, 3.05) is 0 Å². The highest BCUT2D eigenvalue weighted by Crippen LogP contribution is 2.29. The molecule has 2 atom stereocenters. The second-order valence-corrected chi connectivity index (χ2v) is 4.78. The van der Waals surface area contributed by atoms with E-state index in [1.165, 1.54) is 18.2 Å². The predicted molar refractivity (Wildman–Crippen MR) is 85.1 cm³/mol. The summed E-state index contributed by atoms with van der Waals surface area (Å²) >= 11 is 0. The van der Waals surface area contributed by atoms with Gasteiger partial charge in [0.15, 0.2) is 0 Å². The number of nitrogens with two attached hydrogens (primary N) is 1. The van der Waals surface area contributed by atoms with E-state index in [2.05, 4.69) is 0 Å². The summed E-state index contributed by atoms with van der Waals surface area (Å²) in [5.74, 6) is -0.166. The number of aliphatic hydroxyl groups excluding tert-OH is 1. The van der Waals surface area contributed by atoms with Crippen molar-refractivity contribution >= 4 is 18.1 Å². The van der Waals surface area contributed by atoms with Gasteiger partial charge >= 0.3 is 0 Å². The molecule has 0 bridgehead atoms. The van der Waals surface area contributed by atoms with Gasteiger partial charge in [0.25, 0.3) is 5.69 Å². The summed E-state index contributed by atoms with van der Waals surface area (Å²) in [4.78, 5) is 10.2. The molecule has 0 aromatic heterocycles. The number of benzene rings is 2.